The number of esters is 1. The highest BCUT2D eigenvalue weighted by Crippen LogP contribution is 2.24. The molecule has 0 spiro atoms. The zero-order valence-corrected chi connectivity index (χ0v) is 10.7. The molecule has 0 amide bonds. The molecule has 0 fully saturated rings. The molecule has 0 aromatic heterocycles. The molecule has 98 valence electrons. The van der Waals surface area contributed by atoms with Crippen LogP contribution < -0.4 is 4.74 Å². The number of benzene rings is 1. The van der Waals surface area contributed by atoms with Gasteiger partial charge < -0.3 is 14.6 Å². The van der Waals surface area contributed by atoms with Crippen LogP contribution in [0.5, 0.6) is 11.5 Å². The van der Waals surface area contributed by atoms with Crippen molar-refractivity contribution >= 4 is 12.0 Å². The average Bonchev–Trinajstić information content (AvgIpc) is 2.37. The number of aromatic hydroxyl groups is 1. The van der Waals surface area contributed by atoms with E-state index >= 15 is 0 Å². The van der Waals surface area contributed by atoms with Gasteiger partial charge in [0.15, 0.2) is 0 Å². The van der Waals surface area contributed by atoms with E-state index in [0.717, 1.165) is 12.8 Å². The molecule has 0 heterocycles. The van der Waals surface area contributed by atoms with Crippen LogP contribution in [0.1, 0.15) is 25.3 Å². The molecule has 0 atom stereocenters. The van der Waals surface area contributed by atoms with Gasteiger partial charge in [0.25, 0.3) is 0 Å². The lowest BCUT2D eigenvalue weighted by atomic mass is 10.2. The zero-order valence-electron chi connectivity index (χ0n) is 10.7. The minimum Gasteiger partial charge on any atom is -0.507 e. The number of phenols is 1. The number of carbonyl (C=O) groups excluding carboxylic acids is 1. The van der Waals surface area contributed by atoms with Crippen LogP contribution in [0.2, 0.25) is 0 Å². The monoisotopic (exact) mass is 250 g/mol. The number of hydrogen-bond donors (Lipinski definition) is 1. The van der Waals surface area contributed by atoms with Gasteiger partial charge in [0, 0.05) is 17.7 Å². The van der Waals surface area contributed by atoms with E-state index in [1.165, 1.54) is 25.3 Å². The average molecular weight is 250 g/mol. The summed E-state index contributed by atoms with van der Waals surface area (Å²) in [6.45, 7) is 2.45. The van der Waals surface area contributed by atoms with E-state index in [0.29, 0.717) is 17.9 Å². The van der Waals surface area contributed by atoms with Crippen LogP contribution in [0.3, 0.4) is 0 Å². The van der Waals surface area contributed by atoms with Gasteiger partial charge in [-0.15, -0.1) is 0 Å². The summed E-state index contributed by atoms with van der Waals surface area (Å²) in [6.07, 6.45) is 4.66. The van der Waals surface area contributed by atoms with E-state index in [1.54, 1.807) is 12.1 Å². The van der Waals surface area contributed by atoms with Gasteiger partial charge in [-0.3, -0.25) is 0 Å². The second-order valence-electron chi connectivity index (χ2n) is 3.78. The maximum atomic E-state index is 11.3. The third-order valence-electron chi connectivity index (χ3n) is 2.38. The van der Waals surface area contributed by atoms with Gasteiger partial charge in [-0.2, -0.15) is 0 Å². The molecule has 4 nitrogen and oxygen atoms in total. The van der Waals surface area contributed by atoms with Crippen LogP contribution in [-0.2, 0) is 9.53 Å². The SMILES string of the molecule is CCCCOC(=O)/C=C/c1ccc(OC)cc1O. The minimum atomic E-state index is -0.404. The standard InChI is InChI=1S/C14H18O4/c1-3-4-9-18-14(16)8-6-11-5-7-12(17-2)10-13(11)15/h5-8,10,15H,3-4,9H2,1-2H3/b8-6+. The quantitative estimate of drug-likeness (QED) is 0.479. The molecule has 0 radical (unpaired) electrons. The molecule has 0 unspecified atom stereocenters. The summed E-state index contributed by atoms with van der Waals surface area (Å²) >= 11 is 0. The summed E-state index contributed by atoms with van der Waals surface area (Å²) in [4.78, 5) is 11.3. The lowest BCUT2D eigenvalue weighted by Crippen LogP contribution is -2.01. The number of unbranched alkanes of at least 4 members (excludes halogenated alkanes) is 1. The molecule has 18 heavy (non-hydrogen) atoms. The summed E-state index contributed by atoms with van der Waals surface area (Å²) in [5.41, 5.74) is 0.545. The maximum absolute atomic E-state index is 11.3. The first-order chi connectivity index (χ1) is 8.67. The van der Waals surface area contributed by atoms with Crippen LogP contribution in [-0.4, -0.2) is 24.8 Å². The Morgan fingerprint density at radius 2 is 2.22 bits per heavy atom. The van der Waals surface area contributed by atoms with E-state index in [4.69, 9.17) is 9.47 Å². The molecule has 0 saturated carbocycles. The van der Waals surface area contributed by atoms with Gasteiger partial charge in [0.05, 0.1) is 13.7 Å². The fourth-order valence-corrected chi connectivity index (χ4v) is 1.31. The number of rotatable bonds is 6. The normalized spacial score (nSPS) is 10.6. The van der Waals surface area contributed by atoms with Gasteiger partial charge >= 0.3 is 5.97 Å². The first-order valence-corrected chi connectivity index (χ1v) is 5.89. The summed E-state index contributed by atoms with van der Waals surface area (Å²) < 4.78 is 9.92. The molecule has 1 aromatic rings. The van der Waals surface area contributed by atoms with Gasteiger partial charge in [0.2, 0.25) is 0 Å². The van der Waals surface area contributed by atoms with E-state index in [2.05, 4.69) is 0 Å². The Kier molecular flexibility index (Phi) is 5.77. The number of methoxy groups -OCH3 is 1. The van der Waals surface area contributed by atoms with E-state index in [9.17, 15) is 9.90 Å². The molecule has 4 heteroatoms. The maximum Gasteiger partial charge on any atom is 0.330 e. The van der Waals surface area contributed by atoms with Crippen LogP contribution in [0, 0.1) is 0 Å². The highest BCUT2D eigenvalue weighted by Gasteiger charge is 2.01. The van der Waals surface area contributed by atoms with Crippen molar-refractivity contribution in [1.82, 2.24) is 0 Å². The lowest BCUT2D eigenvalue weighted by Gasteiger charge is -2.03. The fraction of sp³-hybridized carbons (Fsp3) is 0.357. The number of hydrogen-bond acceptors (Lipinski definition) is 4. The number of ether oxygens (including phenoxy) is 2. The number of carbonyl (C=O) groups is 1. The Hall–Kier alpha value is -1.97. The van der Waals surface area contributed by atoms with Crippen molar-refractivity contribution < 1.29 is 19.4 Å². The van der Waals surface area contributed by atoms with Gasteiger partial charge in [-0.25, -0.2) is 4.79 Å². The van der Waals surface area contributed by atoms with E-state index < -0.39 is 5.97 Å². The Labute approximate surface area is 107 Å². The zero-order chi connectivity index (χ0) is 13.4. The number of phenolic OH excluding ortho intramolecular Hbond substituents is 1. The van der Waals surface area contributed by atoms with Crippen LogP contribution in [0.15, 0.2) is 24.3 Å². The van der Waals surface area contributed by atoms with Crippen molar-refractivity contribution in [3.05, 3.63) is 29.8 Å². The Bertz CT molecular complexity index is 424. The molecule has 0 aliphatic carbocycles. The molecule has 0 aliphatic heterocycles. The summed E-state index contributed by atoms with van der Waals surface area (Å²) in [5.74, 6) is 0.223. The van der Waals surface area contributed by atoms with Crippen molar-refractivity contribution in [3.63, 3.8) is 0 Å². The smallest absolute Gasteiger partial charge is 0.330 e. The van der Waals surface area contributed by atoms with Crippen LogP contribution in [0.25, 0.3) is 6.08 Å². The van der Waals surface area contributed by atoms with Gasteiger partial charge in [-0.1, -0.05) is 13.3 Å². The molecule has 1 N–H and O–H groups in total. The molecule has 1 rings (SSSR count). The minimum absolute atomic E-state index is 0.0620. The molecule has 0 aliphatic rings. The third kappa shape index (κ3) is 4.49. The largest absolute Gasteiger partial charge is 0.507 e. The molecule has 0 bridgehead atoms. The van der Waals surface area contributed by atoms with E-state index in [-0.39, 0.29) is 5.75 Å². The van der Waals surface area contributed by atoms with Crippen LogP contribution >= 0.6 is 0 Å². The molecule has 1 aromatic carbocycles. The summed E-state index contributed by atoms with van der Waals surface area (Å²) in [6, 6.07) is 4.87. The second kappa shape index (κ2) is 7.37. The van der Waals surface area contributed by atoms with Crippen molar-refractivity contribution in [2.24, 2.45) is 0 Å². The fourth-order valence-electron chi connectivity index (χ4n) is 1.31. The van der Waals surface area contributed by atoms with Crippen molar-refractivity contribution in [2.45, 2.75) is 19.8 Å². The van der Waals surface area contributed by atoms with Crippen molar-refractivity contribution in [2.75, 3.05) is 13.7 Å². The van der Waals surface area contributed by atoms with Crippen LogP contribution in [0.4, 0.5) is 0 Å². The Morgan fingerprint density at radius 1 is 1.44 bits per heavy atom. The topological polar surface area (TPSA) is 55.8 Å². The predicted octanol–water partition coefficient (Wildman–Crippen LogP) is 2.76. The first kappa shape index (κ1) is 14.1. The predicted molar refractivity (Wildman–Crippen MR) is 69.6 cm³/mol. The summed E-state index contributed by atoms with van der Waals surface area (Å²) in [5, 5.41) is 9.67. The highest BCUT2D eigenvalue weighted by molar-refractivity contribution is 5.87. The Balaban J connectivity index is 2.58. The van der Waals surface area contributed by atoms with Gasteiger partial charge in [-0.05, 0) is 24.6 Å². The van der Waals surface area contributed by atoms with Gasteiger partial charge in [0.1, 0.15) is 11.5 Å². The third-order valence-corrected chi connectivity index (χ3v) is 2.38. The van der Waals surface area contributed by atoms with Crippen molar-refractivity contribution in [3.8, 4) is 11.5 Å². The lowest BCUT2D eigenvalue weighted by molar-refractivity contribution is -0.137. The van der Waals surface area contributed by atoms with Crippen molar-refractivity contribution in [1.29, 1.82) is 0 Å². The molecular formula is C14H18O4. The second-order valence-corrected chi connectivity index (χ2v) is 3.78. The Morgan fingerprint density at radius 3 is 2.83 bits per heavy atom. The van der Waals surface area contributed by atoms with E-state index in [1.807, 2.05) is 6.92 Å². The first-order valence-electron chi connectivity index (χ1n) is 5.89. The molecular weight excluding hydrogens is 232 g/mol. The summed E-state index contributed by atoms with van der Waals surface area (Å²) in [7, 11) is 1.52. The highest BCUT2D eigenvalue weighted by atomic mass is 16.5. The molecule has 0 saturated heterocycles.